The van der Waals surface area contributed by atoms with Crippen LogP contribution in [0.25, 0.3) is 0 Å². The molecule has 1 unspecified atom stereocenters. The van der Waals surface area contributed by atoms with Gasteiger partial charge in [0, 0.05) is 13.0 Å². The highest BCUT2D eigenvalue weighted by atomic mass is 35.5. The van der Waals surface area contributed by atoms with Crippen LogP contribution in [0, 0.1) is 0 Å². The maximum atomic E-state index is 11.8. The first-order chi connectivity index (χ1) is 9.38. The summed E-state index contributed by atoms with van der Waals surface area (Å²) in [5.41, 5.74) is 0.864. The number of hydrogen-bond donors (Lipinski definition) is 1. The van der Waals surface area contributed by atoms with Crippen molar-refractivity contribution in [3.63, 3.8) is 0 Å². The first kappa shape index (κ1) is 16.8. The Morgan fingerprint density at radius 2 is 1.95 bits per heavy atom. The van der Waals surface area contributed by atoms with Gasteiger partial charge in [0.25, 0.3) is 0 Å². The van der Waals surface area contributed by atoms with Gasteiger partial charge in [-0.15, -0.1) is 11.6 Å². The van der Waals surface area contributed by atoms with Crippen LogP contribution in [0.4, 0.5) is 13.2 Å². The van der Waals surface area contributed by atoms with E-state index in [0.29, 0.717) is 0 Å². The number of ether oxygens (including phenoxy) is 1. The lowest BCUT2D eigenvalue weighted by Gasteiger charge is -2.11. The minimum absolute atomic E-state index is 0.130. The van der Waals surface area contributed by atoms with E-state index in [4.69, 9.17) is 11.6 Å². The van der Waals surface area contributed by atoms with Crippen LogP contribution < -0.4 is 5.32 Å². The Morgan fingerprint density at radius 3 is 2.55 bits per heavy atom. The van der Waals surface area contributed by atoms with Gasteiger partial charge in [-0.05, 0) is 5.56 Å². The number of carbonyl (C=O) groups excluding carboxylic acids is 1. The van der Waals surface area contributed by atoms with E-state index in [1.165, 1.54) is 0 Å². The zero-order valence-corrected chi connectivity index (χ0v) is 11.4. The van der Waals surface area contributed by atoms with Gasteiger partial charge in [0.05, 0.1) is 12.0 Å². The average molecular weight is 310 g/mol. The van der Waals surface area contributed by atoms with Gasteiger partial charge in [0.1, 0.15) is 6.61 Å². The van der Waals surface area contributed by atoms with Crippen molar-refractivity contribution in [2.75, 3.05) is 19.8 Å². The first-order valence-electron chi connectivity index (χ1n) is 5.98. The Kier molecular flexibility index (Phi) is 6.81. The molecule has 0 bridgehead atoms. The molecule has 0 radical (unpaired) electrons. The topological polar surface area (TPSA) is 38.3 Å². The van der Waals surface area contributed by atoms with E-state index < -0.39 is 18.7 Å². The van der Waals surface area contributed by atoms with Gasteiger partial charge in [0.2, 0.25) is 5.91 Å². The highest BCUT2D eigenvalue weighted by Gasteiger charge is 2.27. The number of amides is 1. The van der Waals surface area contributed by atoms with E-state index in [9.17, 15) is 18.0 Å². The summed E-state index contributed by atoms with van der Waals surface area (Å²) in [5.74, 6) is -0.395. The molecule has 1 aromatic carbocycles. The summed E-state index contributed by atoms with van der Waals surface area (Å²) >= 11 is 6.08. The predicted octanol–water partition coefficient (Wildman–Crippen LogP) is 3.05. The van der Waals surface area contributed by atoms with Crippen LogP contribution in [-0.4, -0.2) is 31.8 Å². The zero-order valence-electron chi connectivity index (χ0n) is 10.6. The van der Waals surface area contributed by atoms with Gasteiger partial charge < -0.3 is 10.1 Å². The van der Waals surface area contributed by atoms with Crippen molar-refractivity contribution in [2.45, 2.75) is 18.0 Å². The first-order valence-corrected chi connectivity index (χ1v) is 6.42. The molecular formula is C13H15ClF3NO2. The number of benzene rings is 1. The summed E-state index contributed by atoms with van der Waals surface area (Å²) in [6.07, 6.45) is -4.50. The molecule has 7 heteroatoms. The highest BCUT2D eigenvalue weighted by molar-refractivity contribution is 6.21. The van der Waals surface area contributed by atoms with E-state index in [1.807, 2.05) is 30.3 Å². The summed E-state index contributed by atoms with van der Waals surface area (Å²) in [5, 5.41) is 2.17. The fourth-order valence-electron chi connectivity index (χ4n) is 1.42. The lowest BCUT2D eigenvalue weighted by atomic mass is 10.1. The van der Waals surface area contributed by atoms with Gasteiger partial charge in [-0.3, -0.25) is 4.79 Å². The molecule has 0 aliphatic carbocycles. The molecule has 1 N–H and O–H groups in total. The fourth-order valence-corrected chi connectivity index (χ4v) is 1.65. The maximum Gasteiger partial charge on any atom is 0.411 e. The standard InChI is InChI=1S/C13H15ClF3NO2/c14-11(10-4-2-1-3-5-10)8-18-12(19)6-7-20-9-13(15,16)17/h1-5,11H,6-9H2,(H,18,19). The maximum absolute atomic E-state index is 11.8. The van der Waals surface area contributed by atoms with E-state index in [1.54, 1.807) is 0 Å². The van der Waals surface area contributed by atoms with Crippen molar-refractivity contribution < 1.29 is 22.7 Å². The Bertz CT molecular complexity index is 412. The monoisotopic (exact) mass is 309 g/mol. The number of alkyl halides is 4. The molecule has 112 valence electrons. The highest BCUT2D eigenvalue weighted by Crippen LogP contribution is 2.18. The molecule has 20 heavy (non-hydrogen) atoms. The molecule has 1 amide bonds. The molecule has 0 aliphatic heterocycles. The van der Waals surface area contributed by atoms with Crippen LogP contribution in [-0.2, 0) is 9.53 Å². The third kappa shape index (κ3) is 7.35. The molecule has 0 fully saturated rings. The third-order valence-corrected chi connectivity index (χ3v) is 2.79. The predicted molar refractivity (Wildman–Crippen MR) is 69.5 cm³/mol. The quantitative estimate of drug-likeness (QED) is 0.621. The summed E-state index contributed by atoms with van der Waals surface area (Å²) < 4.78 is 39.7. The lowest BCUT2D eigenvalue weighted by molar-refractivity contribution is -0.174. The largest absolute Gasteiger partial charge is 0.411 e. The number of halogens is 4. The normalized spacial score (nSPS) is 13.0. The van der Waals surface area contributed by atoms with Crippen molar-refractivity contribution in [3.05, 3.63) is 35.9 Å². The summed E-state index contributed by atoms with van der Waals surface area (Å²) in [6.45, 7) is -1.41. The van der Waals surface area contributed by atoms with Crippen molar-refractivity contribution in [2.24, 2.45) is 0 Å². The SMILES string of the molecule is O=C(CCOCC(F)(F)F)NCC(Cl)c1ccccc1. The van der Waals surface area contributed by atoms with E-state index in [-0.39, 0.29) is 24.9 Å². The Balaban J connectivity index is 2.17. The second-order valence-electron chi connectivity index (χ2n) is 4.10. The summed E-state index contributed by atoms with van der Waals surface area (Å²) in [6, 6.07) is 9.17. The summed E-state index contributed by atoms with van der Waals surface area (Å²) in [7, 11) is 0. The van der Waals surface area contributed by atoms with Crippen LogP contribution in [0.1, 0.15) is 17.4 Å². The van der Waals surface area contributed by atoms with E-state index in [2.05, 4.69) is 10.1 Å². The lowest BCUT2D eigenvalue weighted by Crippen LogP contribution is -2.28. The van der Waals surface area contributed by atoms with Gasteiger partial charge in [-0.1, -0.05) is 30.3 Å². The van der Waals surface area contributed by atoms with Gasteiger partial charge in [-0.2, -0.15) is 13.2 Å². The van der Waals surface area contributed by atoms with E-state index in [0.717, 1.165) is 5.56 Å². The van der Waals surface area contributed by atoms with Gasteiger partial charge >= 0.3 is 6.18 Å². The minimum Gasteiger partial charge on any atom is -0.372 e. The number of hydrogen-bond acceptors (Lipinski definition) is 2. The van der Waals surface area contributed by atoms with Crippen molar-refractivity contribution in [1.29, 1.82) is 0 Å². The van der Waals surface area contributed by atoms with Crippen LogP contribution >= 0.6 is 11.6 Å². The third-order valence-electron chi connectivity index (χ3n) is 2.38. The van der Waals surface area contributed by atoms with Crippen LogP contribution in [0.5, 0.6) is 0 Å². The Labute approximate surface area is 120 Å². The van der Waals surface area contributed by atoms with Gasteiger partial charge in [-0.25, -0.2) is 0 Å². The average Bonchev–Trinajstić information content (AvgIpc) is 2.41. The molecule has 1 rings (SSSR count). The molecular weight excluding hydrogens is 295 g/mol. The Hall–Kier alpha value is -1.27. The number of nitrogens with one attached hydrogen (secondary N) is 1. The zero-order chi connectivity index (χ0) is 15.0. The van der Waals surface area contributed by atoms with Crippen LogP contribution in [0.15, 0.2) is 30.3 Å². The fraction of sp³-hybridized carbons (Fsp3) is 0.462. The molecule has 0 saturated carbocycles. The molecule has 1 aromatic rings. The molecule has 0 aliphatic rings. The molecule has 0 saturated heterocycles. The molecule has 0 heterocycles. The van der Waals surface area contributed by atoms with Crippen molar-refractivity contribution >= 4 is 17.5 Å². The molecule has 1 atom stereocenters. The summed E-state index contributed by atoms with van der Waals surface area (Å²) in [4.78, 5) is 11.4. The number of rotatable bonds is 7. The van der Waals surface area contributed by atoms with E-state index >= 15 is 0 Å². The smallest absolute Gasteiger partial charge is 0.372 e. The minimum atomic E-state index is -4.37. The molecule has 3 nitrogen and oxygen atoms in total. The van der Waals surface area contributed by atoms with Crippen molar-refractivity contribution in [1.82, 2.24) is 5.32 Å². The molecule has 0 aromatic heterocycles. The van der Waals surface area contributed by atoms with Crippen LogP contribution in [0.2, 0.25) is 0 Å². The Morgan fingerprint density at radius 1 is 1.30 bits per heavy atom. The number of carbonyl (C=O) groups is 1. The van der Waals surface area contributed by atoms with Gasteiger partial charge in [0.15, 0.2) is 0 Å². The second kappa shape index (κ2) is 8.11. The second-order valence-corrected chi connectivity index (χ2v) is 4.63. The molecule has 0 spiro atoms. The van der Waals surface area contributed by atoms with Crippen molar-refractivity contribution in [3.8, 4) is 0 Å². The van der Waals surface area contributed by atoms with Crippen LogP contribution in [0.3, 0.4) is 0 Å².